The predicted octanol–water partition coefficient (Wildman–Crippen LogP) is 4.52. The van der Waals surface area contributed by atoms with Crippen molar-refractivity contribution in [3.63, 3.8) is 0 Å². The number of hydrogen-bond donors (Lipinski definition) is 1. The van der Waals surface area contributed by atoms with E-state index >= 15 is 0 Å². The minimum atomic E-state index is -0.233. The van der Waals surface area contributed by atoms with Crippen molar-refractivity contribution < 1.29 is 9.32 Å². The first-order valence-corrected chi connectivity index (χ1v) is 8.64. The molecule has 0 saturated heterocycles. The largest absolute Gasteiger partial charge is 0.335 e. The van der Waals surface area contributed by atoms with Crippen LogP contribution >= 0.6 is 11.6 Å². The molecule has 3 aromatic rings. The predicted molar refractivity (Wildman–Crippen MR) is 95.1 cm³/mol. The van der Waals surface area contributed by atoms with Gasteiger partial charge in [0, 0.05) is 11.6 Å². The Balaban J connectivity index is 1.78. The molecule has 3 aromatic heterocycles. The van der Waals surface area contributed by atoms with E-state index in [1.54, 1.807) is 12.1 Å². The number of aromatic nitrogens is 3. The maximum atomic E-state index is 12.9. The molecule has 0 radical (unpaired) electrons. The summed E-state index contributed by atoms with van der Waals surface area (Å²) >= 11 is 5.79. The van der Waals surface area contributed by atoms with Crippen molar-refractivity contribution >= 4 is 34.3 Å². The topological polar surface area (TPSA) is 80.9 Å². The van der Waals surface area contributed by atoms with Gasteiger partial charge in [-0.05, 0) is 37.0 Å². The second kappa shape index (κ2) is 6.11. The van der Waals surface area contributed by atoms with E-state index in [1.165, 1.54) is 6.20 Å². The first kappa shape index (κ1) is 16.0. The lowest BCUT2D eigenvalue weighted by Crippen LogP contribution is -2.14. The highest BCUT2D eigenvalue weighted by atomic mass is 35.5. The Labute approximate surface area is 149 Å². The first-order chi connectivity index (χ1) is 12.0. The standard InChI is InChI=1S/C18H17ClN4O2/c1-9(2)16-15-12(17(24)21-11-5-6-14(19)20-8-11)7-13(10-3-4-10)22-18(15)25-23-16/h5-10H,3-4H2,1-2H3,(H,21,24). The molecule has 6 nitrogen and oxygen atoms in total. The van der Waals surface area contributed by atoms with Crippen LogP contribution in [-0.4, -0.2) is 21.0 Å². The molecule has 1 amide bonds. The monoisotopic (exact) mass is 356 g/mol. The molecule has 1 aliphatic carbocycles. The number of hydrogen-bond acceptors (Lipinski definition) is 5. The van der Waals surface area contributed by atoms with Crippen molar-refractivity contribution in [2.75, 3.05) is 5.32 Å². The molecule has 128 valence electrons. The summed E-state index contributed by atoms with van der Waals surface area (Å²) in [5.41, 5.74) is 3.16. The molecule has 0 atom stereocenters. The van der Waals surface area contributed by atoms with Crippen molar-refractivity contribution in [3.8, 4) is 0 Å². The van der Waals surface area contributed by atoms with Crippen LogP contribution in [0.15, 0.2) is 28.9 Å². The van der Waals surface area contributed by atoms with Gasteiger partial charge in [0.05, 0.1) is 28.5 Å². The van der Waals surface area contributed by atoms with Crippen LogP contribution in [0.2, 0.25) is 5.15 Å². The number of halogens is 1. The lowest BCUT2D eigenvalue weighted by molar-refractivity contribution is 0.102. The van der Waals surface area contributed by atoms with Gasteiger partial charge in [-0.2, -0.15) is 0 Å². The van der Waals surface area contributed by atoms with Crippen LogP contribution < -0.4 is 5.32 Å². The number of fused-ring (bicyclic) bond motifs is 1. The average Bonchev–Trinajstić information content (AvgIpc) is 3.35. The van der Waals surface area contributed by atoms with E-state index in [1.807, 2.05) is 19.9 Å². The third kappa shape index (κ3) is 3.09. The van der Waals surface area contributed by atoms with Gasteiger partial charge in [-0.15, -0.1) is 0 Å². The fraction of sp³-hybridized carbons (Fsp3) is 0.333. The van der Waals surface area contributed by atoms with E-state index in [4.69, 9.17) is 16.1 Å². The third-order valence-electron chi connectivity index (χ3n) is 4.27. The highest BCUT2D eigenvalue weighted by molar-refractivity contribution is 6.29. The van der Waals surface area contributed by atoms with Gasteiger partial charge in [0.1, 0.15) is 5.15 Å². The maximum absolute atomic E-state index is 12.9. The molecule has 0 bridgehead atoms. The van der Waals surface area contributed by atoms with E-state index in [9.17, 15) is 4.79 Å². The second-order valence-corrected chi connectivity index (χ2v) is 6.98. The van der Waals surface area contributed by atoms with E-state index in [2.05, 4.69) is 20.4 Å². The molecule has 25 heavy (non-hydrogen) atoms. The Hall–Kier alpha value is -2.47. The van der Waals surface area contributed by atoms with Crippen LogP contribution in [-0.2, 0) is 0 Å². The van der Waals surface area contributed by atoms with Gasteiger partial charge in [-0.1, -0.05) is 30.6 Å². The number of amides is 1. The van der Waals surface area contributed by atoms with Gasteiger partial charge in [0.15, 0.2) is 0 Å². The van der Waals surface area contributed by atoms with Crippen LogP contribution in [0, 0.1) is 0 Å². The van der Waals surface area contributed by atoms with Gasteiger partial charge < -0.3 is 9.84 Å². The maximum Gasteiger partial charge on any atom is 0.259 e. The first-order valence-electron chi connectivity index (χ1n) is 8.26. The summed E-state index contributed by atoms with van der Waals surface area (Å²) in [6.45, 7) is 4.02. The van der Waals surface area contributed by atoms with Crippen molar-refractivity contribution in [2.24, 2.45) is 0 Å². The van der Waals surface area contributed by atoms with Crippen molar-refractivity contribution in [1.29, 1.82) is 0 Å². The fourth-order valence-corrected chi connectivity index (χ4v) is 2.91. The summed E-state index contributed by atoms with van der Waals surface area (Å²) in [5.74, 6) is 0.294. The molecule has 7 heteroatoms. The molecule has 1 N–H and O–H groups in total. The van der Waals surface area contributed by atoms with E-state index in [0.717, 1.165) is 24.2 Å². The third-order valence-corrected chi connectivity index (χ3v) is 4.49. The zero-order valence-corrected chi connectivity index (χ0v) is 14.7. The summed E-state index contributed by atoms with van der Waals surface area (Å²) in [6, 6.07) is 5.21. The number of anilines is 1. The minimum absolute atomic E-state index is 0.124. The minimum Gasteiger partial charge on any atom is -0.335 e. The molecule has 1 saturated carbocycles. The summed E-state index contributed by atoms with van der Waals surface area (Å²) in [7, 11) is 0. The Morgan fingerprint density at radius 2 is 2.16 bits per heavy atom. The fourth-order valence-electron chi connectivity index (χ4n) is 2.80. The van der Waals surface area contributed by atoms with Crippen LogP contribution in [0.3, 0.4) is 0 Å². The zero-order valence-electron chi connectivity index (χ0n) is 13.9. The SMILES string of the molecule is CC(C)c1noc2nc(C3CC3)cc(C(=O)Nc3ccc(Cl)nc3)c12. The van der Waals surface area contributed by atoms with Gasteiger partial charge >= 0.3 is 0 Å². The quantitative estimate of drug-likeness (QED) is 0.695. The molecule has 0 aliphatic heterocycles. The Morgan fingerprint density at radius 3 is 2.80 bits per heavy atom. The lowest BCUT2D eigenvalue weighted by atomic mass is 10.0. The Bertz CT molecular complexity index is 946. The van der Waals surface area contributed by atoms with Crippen LogP contribution in [0.1, 0.15) is 60.3 Å². The van der Waals surface area contributed by atoms with Crippen LogP contribution in [0.4, 0.5) is 5.69 Å². The lowest BCUT2D eigenvalue weighted by Gasteiger charge is -2.09. The van der Waals surface area contributed by atoms with E-state index in [0.29, 0.717) is 33.4 Å². The Morgan fingerprint density at radius 1 is 1.36 bits per heavy atom. The summed E-state index contributed by atoms with van der Waals surface area (Å²) in [4.78, 5) is 21.5. The summed E-state index contributed by atoms with van der Waals surface area (Å²) < 4.78 is 5.41. The van der Waals surface area contributed by atoms with Gasteiger partial charge in [-0.25, -0.2) is 9.97 Å². The normalized spacial score (nSPS) is 14.2. The summed E-state index contributed by atoms with van der Waals surface area (Å²) in [6.07, 6.45) is 3.70. The molecule has 0 unspecified atom stereocenters. The molecule has 4 rings (SSSR count). The van der Waals surface area contributed by atoms with E-state index in [-0.39, 0.29) is 11.8 Å². The van der Waals surface area contributed by atoms with Crippen molar-refractivity contribution in [3.05, 3.63) is 46.5 Å². The van der Waals surface area contributed by atoms with Gasteiger partial charge in [0.25, 0.3) is 11.6 Å². The molecule has 0 spiro atoms. The molecule has 0 aromatic carbocycles. The number of carbonyl (C=O) groups is 1. The number of rotatable bonds is 4. The number of carbonyl (C=O) groups excluding carboxylic acids is 1. The second-order valence-electron chi connectivity index (χ2n) is 6.60. The Kier molecular flexibility index (Phi) is 3.92. The van der Waals surface area contributed by atoms with E-state index < -0.39 is 0 Å². The zero-order chi connectivity index (χ0) is 17.6. The number of nitrogens with one attached hydrogen (secondary N) is 1. The van der Waals surface area contributed by atoms with Crippen LogP contribution in [0.25, 0.3) is 11.1 Å². The van der Waals surface area contributed by atoms with Crippen molar-refractivity contribution in [2.45, 2.75) is 38.5 Å². The van der Waals surface area contributed by atoms with Crippen molar-refractivity contribution in [1.82, 2.24) is 15.1 Å². The molecule has 1 fully saturated rings. The summed E-state index contributed by atoms with van der Waals surface area (Å²) in [5, 5.41) is 8.05. The molecule has 3 heterocycles. The smallest absolute Gasteiger partial charge is 0.259 e. The highest BCUT2D eigenvalue weighted by Crippen LogP contribution is 2.41. The molecular formula is C18H17ClN4O2. The number of pyridine rings is 2. The molecular weight excluding hydrogens is 340 g/mol. The molecule has 1 aliphatic rings. The highest BCUT2D eigenvalue weighted by Gasteiger charge is 2.29. The van der Waals surface area contributed by atoms with Gasteiger partial charge in [-0.3, -0.25) is 4.79 Å². The van der Waals surface area contributed by atoms with Crippen LogP contribution in [0.5, 0.6) is 0 Å². The average molecular weight is 357 g/mol. The number of nitrogens with zero attached hydrogens (tertiary/aromatic N) is 3. The van der Waals surface area contributed by atoms with Gasteiger partial charge in [0.2, 0.25) is 0 Å².